The van der Waals surface area contributed by atoms with Crippen LogP contribution in [0.25, 0.3) is 0 Å². The van der Waals surface area contributed by atoms with Gasteiger partial charge in [0.15, 0.2) is 0 Å². The van der Waals surface area contributed by atoms with Crippen molar-refractivity contribution in [3.05, 3.63) is 0 Å². The average molecular weight is 165 g/mol. The minimum atomic E-state index is -4.46. The second-order valence-electron chi connectivity index (χ2n) is 1.77. The number of alkyl halides is 3. The van der Waals surface area contributed by atoms with Crippen LogP contribution in [0.2, 0.25) is 0 Å². The number of hydrogen-bond donors (Lipinski definition) is 1. The molecule has 0 bridgehead atoms. The van der Waals surface area contributed by atoms with Crippen molar-refractivity contribution in [3.63, 3.8) is 0 Å². The molecule has 2 nitrogen and oxygen atoms in total. The van der Waals surface area contributed by atoms with Crippen LogP contribution < -0.4 is 5.32 Å². The molecule has 0 aromatic heterocycles. The first-order valence-electron chi connectivity index (χ1n) is 2.72. The Hall–Kier alpha value is -1.18. The van der Waals surface area contributed by atoms with Crippen LogP contribution in [0.3, 0.4) is 0 Å². The lowest BCUT2D eigenvalue weighted by Crippen LogP contribution is -2.28. The van der Waals surface area contributed by atoms with Gasteiger partial charge in [0.25, 0.3) is 0 Å². The fourth-order valence-electron chi connectivity index (χ4n) is 0.394. The first-order chi connectivity index (χ1) is 4.95. The first kappa shape index (κ1) is 9.82. The van der Waals surface area contributed by atoms with Crippen LogP contribution in [0.5, 0.6) is 0 Å². The Morgan fingerprint density at radius 3 is 2.45 bits per heavy atom. The molecule has 1 N–H and O–H groups in total. The Morgan fingerprint density at radius 1 is 1.55 bits per heavy atom. The minimum absolute atomic E-state index is 0.172. The van der Waals surface area contributed by atoms with E-state index in [0.717, 1.165) is 0 Å². The fraction of sp³-hybridized carbons (Fsp3) is 0.500. The Labute approximate surface area is 61.8 Å². The molecular weight excluding hydrogens is 159 g/mol. The molecular formula is C6H6F3NO. The van der Waals surface area contributed by atoms with Gasteiger partial charge in [-0.05, 0) is 0 Å². The van der Waals surface area contributed by atoms with Crippen molar-refractivity contribution >= 4 is 5.91 Å². The highest BCUT2D eigenvalue weighted by atomic mass is 19.4. The van der Waals surface area contributed by atoms with E-state index in [4.69, 9.17) is 6.42 Å². The summed E-state index contributed by atoms with van der Waals surface area (Å²) in [5.41, 5.74) is 0. The van der Waals surface area contributed by atoms with Gasteiger partial charge in [-0.25, -0.2) is 0 Å². The van der Waals surface area contributed by atoms with Crippen molar-refractivity contribution in [3.8, 4) is 12.3 Å². The summed E-state index contributed by atoms with van der Waals surface area (Å²) in [6.45, 7) is -0.172. The van der Waals surface area contributed by atoms with Crippen molar-refractivity contribution in [1.29, 1.82) is 0 Å². The van der Waals surface area contributed by atoms with E-state index in [9.17, 15) is 18.0 Å². The number of hydrogen-bond acceptors (Lipinski definition) is 1. The summed E-state index contributed by atoms with van der Waals surface area (Å²) in [4.78, 5) is 10.3. The minimum Gasteiger partial charge on any atom is -0.345 e. The zero-order chi connectivity index (χ0) is 8.91. The fourth-order valence-corrected chi connectivity index (χ4v) is 0.394. The molecule has 0 spiro atoms. The second kappa shape index (κ2) is 3.86. The van der Waals surface area contributed by atoms with Gasteiger partial charge in [-0.3, -0.25) is 4.79 Å². The number of carbonyl (C=O) groups excluding carboxylic acids is 1. The van der Waals surface area contributed by atoms with E-state index in [1.807, 2.05) is 11.2 Å². The van der Waals surface area contributed by atoms with Gasteiger partial charge in [0.1, 0.15) is 6.42 Å². The van der Waals surface area contributed by atoms with Gasteiger partial charge in [-0.1, -0.05) is 5.92 Å². The highest BCUT2D eigenvalue weighted by Gasteiger charge is 2.30. The summed E-state index contributed by atoms with van der Waals surface area (Å²) in [5.74, 6) is 0.884. The third-order valence-electron chi connectivity index (χ3n) is 0.749. The molecule has 0 aromatic rings. The highest BCUT2D eigenvalue weighted by molar-refractivity contribution is 5.76. The molecule has 0 fully saturated rings. The molecule has 0 aliphatic heterocycles. The number of amides is 1. The highest BCUT2D eigenvalue weighted by Crippen LogP contribution is 2.18. The third-order valence-corrected chi connectivity index (χ3v) is 0.749. The van der Waals surface area contributed by atoms with Gasteiger partial charge < -0.3 is 5.32 Å². The average Bonchev–Trinajstić information content (AvgIpc) is 1.79. The van der Waals surface area contributed by atoms with Crippen LogP contribution in [0.4, 0.5) is 13.2 Å². The molecule has 0 saturated heterocycles. The predicted molar refractivity (Wildman–Crippen MR) is 32.5 cm³/mol. The smallest absolute Gasteiger partial charge is 0.345 e. The number of halogens is 3. The third kappa shape index (κ3) is 6.71. The zero-order valence-electron chi connectivity index (χ0n) is 5.53. The van der Waals surface area contributed by atoms with Crippen LogP contribution in [-0.2, 0) is 4.79 Å². The number of nitrogens with one attached hydrogen (secondary N) is 1. The second-order valence-corrected chi connectivity index (χ2v) is 1.77. The Morgan fingerprint density at radius 2 is 2.09 bits per heavy atom. The lowest BCUT2D eigenvalue weighted by atomic mass is 10.4. The Bertz CT molecular complexity index is 179. The molecule has 0 radical (unpaired) electrons. The van der Waals surface area contributed by atoms with Gasteiger partial charge in [0.2, 0.25) is 5.91 Å². The van der Waals surface area contributed by atoms with Crippen LogP contribution in [0.15, 0.2) is 0 Å². The van der Waals surface area contributed by atoms with Crippen molar-refractivity contribution < 1.29 is 18.0 Å². The van der Waals surface area contributed by atoms with Crippen LogP contribution >= 0.6 is 0 Å². The topological polar surface area (TPSA) is 29.1 Å². The van der Waals surface area contributed by atoms with E-state index in [-0.39, 0.29) is 6.54 Å². The molecule has 0 atom stereocenters. The van der Waals surface area contributed by atoms with E-state index >= 15 is 0 Å². The quantitative estimate of drug-likeness (QED) is 0.599. The van der Waals surface area contributed by atoms with Crippen LogP contribution in [0.1, 0.15) is 6.42 Å². The van der Waals surface area contributed by atoms with Gasteiger partial charge in [0.05, 0.1) is 6.54 Å². The van der Waals surface area contributed by atoms with Crippen molar-refractivity contribution in [2.24, 2.45) is 0 Å². The molecule has 0 heterocycles. The Kier molecular flexibility index (Phi) is 3.45. The molecule has 0 aliphatic rings. The molecule has 62 valence electrons. The van der Waals surface area contributed by atoms with E-state index in [0.29, 0.717) is 0 Å². The van der Waals surface area contributed by atoms with Crippen molar-refractivity contribution in [2.75, 3.05) is 6.54 Å². The van der Waals surface area contributed by atoms with Crippen molar-refractivity contribution in [1.82, 2.24) is 5.32 Å². The van der Waals surface area contributed by atoms with E-state index in [2.05, 4.69) is 0 Å². The molecule has 0 saturated carbocycles. The number of terminal acetylenes is 1. The molecule has 0 aliphatic carbocycles. The predicted octanol–water partition coefficient (Wildman–Crippen LogP) is 0.688. The molecule has 0 rings (SSSR count). The maximum Gasteiger partial charge on any atom is 0.397 e. The SMILES string of the molecule is C#CCNC(=O)CC(F)(F)F. The first-order valence-corrected chi connectivity index (χ1v) is 2.72. The van der Waals surface area contributed by atoms with Gasteiger partial charge >= 0.3 is 6.18 Å². The van der Waals surface area contributed by atoms with E-state index < -0.39 is 18.5 Å². The zero-order valence-corrected chi connectivity index (χ0v) is 5.53. The molecule has 0 aromatic carbocycles. The molecule has 11 heavy (non-hydrogen) atoms. The molecule has 5 heteroatoms. The molecule has 1 amide bonds. The maximum absolute atomic E-state index is 11.4. The summed E-state index contributed by atoms with van der Waals surface area (Å²) in [6, 6.07) is 0. The summed E-state index contributed by atoms with van der Waals surface area (Å²) >= 11 is 0. The number of carbonyl (C=O) groups is 1. The lowest BCUT2D eigenvalue weighted by Gasteiger charge is -2.04. The number of rotatable bonds is 2. The Balaban J connectivity index is 3.64. The van der Waals surface area contributed by atoms with E-state index in [1.54, 1.807) is 0 Å². The van der Waals surface area contributed by atoms with Gasteiger partial charge in [0, 0.05) is 0 Å². The van der Waals surface area contributed by atoms with Crippen molar-refractivity contribution in [2.45, 2.75) is 12.6 Å². The summed E-state index contributed by atoms with van der Waals surface area (Å²) < 4.78 is 34.3. The van der Waals surface area contributed by atoms with E-state index in [1.165, 1.54) is 0 Å². The summed E-state index contributed by atoms with van der Waals surface area (Å²) in [7, 11) is 0. The largest absolute Gasteiger partial charge is 0.397 e. The normalized spacial score (nSPS) is 10.4. The lowest BCUT2D eigenvalue weighted by molar-refractivity contribution is -0.153. The standard InChI is InChI=1S/C6H6F3NO/c1-2-3-10-5(11)4-6(7,8)9/h1H,3-4H2,(H,10,11). The maximum atomic E-state index is 11.4. The monoisotopic (exact) mass is 165 g/mol. The van der Waals surface area contributed by atoms with Crippen LogP contribution in [-0.4, -0.2) is 18.6 Å². The van der Waals surface area contributed by atoms with Gasteiger partial charge in [-0.15, -0.1) is 6.42 Å². The molecule has 0 unspecified atom stereocenters. The van der Waals surface area contributed by atoms with Crippen LogP contribution in [0, 0.1) is 12.3 Å². The summed E-state index contributed by atoms with van der Waals surface area (Å²) in [6.07, 6.45) is -1.24. The van der Waals surface area contributed by atoms with Gasteiger partial charge in [-0.2, -0.15) is 13.2 Å². The summed E-state index contributed by atoms with van der Waals surface area (Å²) in [5, 5.41) is 1.89.